The summed E-state index contributed by atoms with van der Waals surface area (Å²) in [5.41, 5.74) is 1.31. The fourth-order valence-electron chi connectivity index (χ4n) is 1.73. The van der Waals surface area contributed by atoms with Crippen LogP contribution in [0.25, 0.3) is 0 Å². The van der Waals surface area contributed by atoms with Crippen molar-refractivity contribution >= 4 is 17.4 Å². The number of nitrogens with one attached hydrogen (secondary N) is 1. The number of rotatable bonds is 6. The van der Waals surface area contributed by atoms with Gasteiger partial charge in [0.2, 0.25) is 0 Å². The van der Waals surface area contributed by atoms with Crippen LogP contribution in [0.2, 0.25) is 0 Å². The summed E-state index contributed by atoms with van der Waals surface area (Å²) in [5.74, 6) is 0.943. The zero-order valence-corrected chi connectivity index (χ0v) is 12.0. The lowest BCUT2D eigenvalue weighted by molar-refractivity contribution is 0.261. The standard InChI is InChI=1S/C14H20N2OS/c1-4-18-13-7-5-6-12(11(13)10-15)16-14(2,3)8-9-17/h5-7,16-17H,4,8-9H2,1-3H3. The van der Waals surface area contributed by atoms with E-state index in [1.54, 1.807) is 11.8 Å². The molecule has 1 rings (SSSR count). The molecule has 0 heterocycles. The average Bonchev–Trinajstić information content (AvgIpc) is 2.29. The molecule has 0 aliphatic carbocycles. The Hall–Kier alpha value is -1.18. The molecule has 0 spiro atoms. The monoisotopic (exact) mass is 264 g/mol. The smallest absolute Gasteiger partial charge is 0.102 e. The molecule has 2 N–H and O–H groups in total. The van der Waals surface area contributed by atoms with Crippen LogP contribution in [-0.4, -0.2) is 23.0 Å². The largest absolute Gasteiger partial charge is 0.396 e. The molecule has 0 atom stereocenters. The molecule has 0 saturated heterocycles. The highest BCUT2D eigenvalue weighted by Gasteiger charge is 2.19. The number of aliphatic hydroxyl groups excluding tert-OH is 1. The first-order chi connectivity index (χ1) is 8.54. The Morgan fingerprint density at radius 2 is 2.17 bits per heavy atom. The van der Waals surface area contributed by atoms with E-state index >= 15 is 0 Å². The van der Waals surface area contributed by atoms with Gasteiger partial charge < -0.3 is 10.4 Å². The number of hydrogen-bond donors (Lipinski definition) is 2. The molecular weight excluding hydrogens is 244 g/mol. The van der Waals surface area contributed by atoms with Gasteiger partial charge in [-0.2, -0.15) is 5.26 Å². The van der Waals surface area contributed by atoms with Crippen LogP contribution in [0.5, 0.6) is 0 Å². The molecule has 18 heavy (non-hydrogen) atoms. The molecule has 0 fully saturated rings. The SMILES string of the molecule is CCSc1cccc(NC(C)(C)CCO)c1C#N. The van der Waals surface area contributed by atoms with E-state index in [9.17, 15) is 5.26 Å². The van der Waals surface area contributed by atoms with E-state index in [1.807, 2.05) is 32.0 Å². The molecule has 0 aliphatic heterocycles. The molecule has 0 aromatic heterocycles. The van der Waals surface area contributed by atoms with E-state index in [2.05, 4.69) is 18.3 Å². The van der Waals surface area contributed by atoms with E-state index in [0.29, 0.717) is 12.0 Å². The van der Waals surface area contributed by atoms with Crippen molar-refractivity contribution in [2.45, 2.75) is 37.6 Å². The van der Waals surface area contributed by atoms with Crippen molar-refractivity contribution in [3.8, 4) is 6.07 Å². The molecule has 1 aromatic carbocycles. The quantitative estimate of drug-likeness (QED) is 0.774. The Labute approximate surface area is 113 Å². The molecule has 1 aromatic rings. The number of anilines is 1. The number of nitrogens with zero attached hydrogens (tertiary/aromatic N) is 1. The molecule has 0 saturated carbocycles. The summed E-state index contributed by atoms with van der Waals surface area (Å²) in [7, 11) is 0. The van der Waals surface area contributed by atoms with Crippen molar-refractivity contribution in [1.29, 1.82) is 5.26 Å². The summed E-state index contributed by atoms with van der Waals surface area (Å²) in [5, 5.41) is 21.7. The van der Waals surface area contributed by atoms with Gasteiger partial charge in [-0.1, -0.05) is 13.0 Å². The van der Waals surface area contributed by atoms with Crippen LogP contribution in [0.3, 0.4) is 0 Å². The fraction of sp³-hybridized carbons (Fsp3) is 0.500. The summed E-state index contributed by atoms with van der Waals surface area (Å²) in [6.45, 7) is 6.24. The van der Waals surface area contributed by atoms with Gasteiger partial charge >= 0.3 is 0 Å². The molecule has 0 unspecified atom stereocenters. The van der Waals surface area contributed by atoms with E-state index in [4.69, 9.17) is 5.11 Å². The second-order valence-electron chi connectivity index (χ2n) is 4.71. The minimum Gasteiger partial charge on any atom is -0.396 e. The highest BCUT2D eigenvalue weighted by Crippen LogP contribution is 2.30. The second kappa shape index (κ2) is 6.67. The zero-order chi connectivity index (χ0) is 13.6. The topological polar surface area (TPSA) is 56.0 Å². The van der Waals surface area contributed by atoms with Gasteiger partial charge in [0.25, 0.3) is 0 Å². The second-order valence-corrected chi connectivity index (χ2v) is 6.01. The minimum absolute atomic E-state index is 0.130. The summed E-state index contributed by atoms with van der Waals surface area (Å²) >= 11 is 1.67. The maximum absolute atomic E-state index is 9.30. The van der Waals surface area contributed by atoms with Crippen molar-refractivity contribution in [3.05, 3.63) is 23.8 Å². The average molecular weight is 264 g/mol. The van der Waals surface area contributed by atoms with Crippen molar-refractivity contribution in [2.24, 2.45) is 0 Å². The maximum atomic E-state index is 9.30. The van der Waals surface area contributed by atoms with Gasteiger partial charge in [0.1, 0.15) is 6.07 Å². The van der Waals surface area contributed by atoms with Crippen LogP contribution in [-0.2, 0) is 0 Å². The number of hydrogen-bond acceptors (Lipinski definition) is 4. The minimum atomic E-state index is -0.226. The first kappa shape index (κ1) is 14.9. The van der Waals surface area contributed by atoms with Gasteiger partial charge in [-0.25, -0.2) is 0 Å². The normalized spacial score (nSPS) is 11.1. The molecular formula is C14H20N2OS. The predicted octanol–water partition coefficient (Wildman–Crippen LogP) is 3.24. The Bertz CT molecular complexity index is 438. The lowest BCUT2D eigenvalue weighted by atomic mass is 10.00. The van der Waals surface area contributed by atoms with E-state index in [0.717, 1.165) is 16.3 Å². The third-order valence-corrected chi connectivity index (χ3v) is 3.59. The highest BCUT2D eigenvalue weighted by molar-refractivity contribution is 7.99. The van der Waals surface area contributed by atoms with Crippen molar-refractivity contribution < 1.29 is 5.11 Å². The molecule has 3 nitrogen and oxygen atoms in total. The van der Waals surface area contributed by atoms with Crippen LogP contribution in [0, 0.1) is 11.3 Å². The van der Waals surface area contributed by atoms with Crippen LogP contribution in [0.1, 0.15) is 32.8 Å². The third kappa shape index (κ3) is 3.94. The molecule has 0 radical (unpaired) electrons. The van der Waals surface area contributed by atoms with E-state index < -0.39 is 0 Å². The summed E-state index contributed by atoms with van der Waals surface area (Å²) in [6, 6.07) is 8.11. The number of aliphatic hydroxyl groups is 1. The Morgan fingerprint density at radius 3 is 2.72 bits per heavy atom. The van der Waals surface area contributed by atoms with Gasteiger partial charge in [-0.05, 0) is 38.2 Å². The molecule has 0 aliphatic rings. The van der Waals surface area contributed by atoms with Crippen LogP contribution in [0.15, 0.2) is 23.1 Å². The number of nitriles is 1. The molecule has 0 amide bonds. The lowest BCUT2D eigenvalue weighted by Crippen LogP contribution is -2.32. The van der Waals surface area contributed by atoms with Gasteiger partial charge in [-0.15, -0.1) is 11.8 Å². The molecule has 0 bridgehead atoms. The zero-order valence-electron chi connectivity index (χ0n) is 11.2. The first-order valence-electron chi connectivity index (χ1n) is 6.09. The van der Waals surface area contributed by atoms with Gasteiger partial charge in [-0.3, -0.25) is 0 Å². The highest BCUT2D eigenvalue weighted by atomic mass is 32.2. The predicted molar refractivity (Wildman–Crippen MR) is 77.0 cm³/mol. The summed E-state index contributed by atoms with van der Waals surface area (Å²) < 4.78 is 0. The number of benzene rings is 1. The first-order valence-corrected chi connectivity index (χ1v) is 7.07. The van der Waals surface area contributed by atoms with E-state index in [-0.39, 0.29) is 12.1 Å². The van der Waals surface area contributed by atoms with Crippen molar-refractivity contribution in [3.63, 3.8) is 0 Å². The van der Waals surface area contributed by atoms with Gasteiger partial charge in [0, 0.05) is 17.0 Å². The Kier molecular flexibility index (Phi) is 5.52. The lowest BCUT2D eigenvalue weighted by Gasteiger charge is -2.27. The fourth-order valence-corrected chi connectivity index (χ4v) is 2.52. The summed E-state index contributed by atoms with van der Waals surface area (Å²) in [4.78, 5) is 1.00. The Balaban J connectivity index is 3.02. The van der Waals surface area contributed by atoms with Gasteiger partial charge in [0.05, 0.1) is 11.3 Å². The number of thioether (sulfide) groups is 1. The van der Waals surface area contributed by atoms with E-state index in [1.165, 1.54) is 0 Å². The van der Waals surface area contributed by atoms with Crippen LogP contribution in [0.4, 0.5) is 5.69 Å². The van der Waals surface area contributed by atoms with Crippen LogP contribution >= 0.6 is 11.8 Å². The van der Waals surface area contributed by atoms with Crippen molar-refractivity contribution in [2.75, 3.05) is 17.7 Å². The van der Waals surface area contributed by atoms with Gasteiger partial charge in [0.15, 0.2) is 0 Å². The van der Waals surface area contributed by atoms with Crippen molar-refractivity contribution in [1.82, 2.24) is 0 Å². The Morgan fingerprint density at radius 1 is 1.44 bits per heavy atom. The third-order valence-electron chi connectivity index (χ3n) is 2.65. The molecule has 4 heteroatoms. The summed E-state index contributed by atoms with van der Waals surface area (Å²) in [6.07, 6.45) is 0.642. The van der Waals surface area contributed by atoms with Crippen LogP contribution < -0.4 is 5.32 Å². The molecule has 98 valence electrons. The maximum Gasteiger partial charge on any atom is 0.102 e.